The molecule has 2 aromatic rings. The zero-order valence-corrected chi connectivity index (χ0v) is 13.4. The van der Waals surface area contributed by atoms with Crippen LogP contribution in [0.2, 0.25) is 5.02 Å². The summed E-state index contributed by atoms with van der Waals surface area (Å²) in [5.41, 5.74) is 1.74. The van der Waals surface area contributed by atoms with Crippen LogP contribution < -0.4 is 4.74 Å². The Morgan fingerprint density at radius 3 is 2.65 bits per heavy atom. The third-order valence-corrected chi connectivity index (χ3v) is 4.25. The second-order valence-electron chi connectivity index (χ2n) is 4.54. The summed E-state index contributed by atoms with van der Waals surface area (Å²) < 4.78 is 19.2. The number of rotatable bonds is 5. The van der Waals surface area contributed by atoms with Gasteiger partial charge < -0.3 is 4.74 Å². The number of benzene rings is 2. The Morgan fingerprint density at radius 1 is 1.25 bits per heavy atom. The van der Waals surface area contributed by atoms with Crippen LogP contribution in [0.1, 0.15) is 17.0 Å². The number of hydrogen-bond donors (Lipinski definition) is 0. The monoisotopic (exact) mass is 356 g/mol. The largest absolute Gasteiger partial charge is 0.494 e. The van der Waals surface area contributed by atoms with Crippen molar-refractivity contribution in [3.8, 4) is 5.75 Å². The first-order chi connectivity index (χ1) is 9.65. The maximum absolute atomic E-state index is 14.2. The molecule has 0 amide bonds. The lowest BCUT2D eigenvalue weighted by Gasteiger charge is -2.16. The van der Waals surface area contributed by atoms with E-state index < -0.39 is 0 Å². The maximum Gasteiger partial charge on any atom is 0.168 e. The van der Waals surface area contributed by atoms with E-state index in [0.717, 1.165) is 10.9 Å². The summed E-state index contributed by atoms with van der Waals surface area (Å²) in [4.78, 5) is 0. The molecule has 4 heteroatoms. The van der Waals surface area contributed by atoms with Crippen molar-refractivity contribution in [1.29, 1.82) is 0 Å². The third kappa shape index (κ3) is 3.53. The number of methoxy groups -OCH3 is 1. The Labute approximate surface area is 131 Å². The fraction of sp³-hybridized carbons (Fsp3) is 0.250. The fourth-order valence-electron chi connectivity index (χ4n) is 2.16. The first kappa shape index (κ1) is 15.3. The number of halogens is 3. The van der Waals surface area contributed by atoms with Crippen LogP contribution in [0.25, 0.3) is 0 Å². The zero-order chi connectivity index (χ0) is 14.5. The topological polar surface area (TPSA) is 9.23 Å². The highest BCUT2D eigenvalue weighted by atomic mass is 79.9. The van der Waals surface area contributed by atoms with Crippen molar-refractivity contribution >= 4 is 27.5 Å². The van der Waals surface area contributed by atoms with Gasteiger partial charge in [0.2, 0.25) is 0 Å². The summed E-state index contributed by atoms with van der Waals surface area (Å²) >= 11 is 9.52. The molecule has 1 unspecified atom stereocenters. The molecule has 0 bridgehead atoms. The predicted octanol–water partition coefficient (Wildman–Crippen LogP) is 5.21. The SMILES string of the molecule is COc1cccc(CC(CBr)c2cccc(Cl)c2)c1F. The van der Waals surface area contributed by atoms with Gasteiger partial charge in [0.25, 0.3) is 0 Å². The van der Waals surface area contributed by atoms with Gasteiger partial charge in [0.1, 0.15) is 0 Å². The smallest absolute Gasteiger partial charge is 0.168 e. The van der Waals surface area contributed by atoms with Crippen molar-refractivity contribution in [2.24, 2.45) is 0 Å². The fourth-order valence-corrected chi connectivity index (χ4v) is 2.96. The molecule has 106 valence electrons. The van der Waals surface area contributed by atoms with Gasteiger partial charge in [0.05, 0.1) is 7.11 Å². The Bertz CT molecular complexity index is 588. The molecule has 0 heterocycles. The molecular formula is C16H15BrClFO. The van der Waals surface area contributed by atoms with Crippen molar-refractivity contribution in [3.63, 3.8) is 0 Å². The van der Waals surface area contributed by atoms with Gasteiger partial charge in [-0.25, -0.2) is 4.39 Å². The van der Waals surface area contributed by atoms with Gasteiger partial charge in [-0.05, 0) is 41.7 Å². The molecule has 0 saturated carbocycles. The molecule has 0 saturated heterocycles. The summed E-state index contributed by atoms with van der Waals surface area (Å²) in [6, 6.07) is 12.9. The number of ether oxygens (including phenoxy) is 1. The first-order valence-electron chi connectivity index (χ1n) is 6.28. The minimum atomic E-state index is -0.289. The molecule has 1 nitrogen and oxygen atoms in total. The Kier molecular flexibility index (Phi) is 5.44. The van der Waals surface area contributed by atoms with Crippen LogP contribution in [0.5, 0.6) is 5.75 Å². The molecule has 0 fully saturated rings. The van der Waals surface area contributed by atoms with Crippen molar-refractivity contribution < 1.29 is 9.13 Å². The van der Waals surface area contributed by atoms with E-state index in [9.17, 15) is 4.39 Å². The minimum absolute atomic E-state index is 0.162. The van der Waals surface area contributed by atoms with Crippen LogP contribution in [0.15, 0.2) is 42.5 Å². The molecule has 1 atom stereocenters. The quantitative estimate of drug-likeness (QED) is 0.668. The average molecular weight is 358 g/mol. The van der Waals surface area contributed by atoms with E-state index in [1.165, 1.54) is 7.11 Å². The molecular weight excluding hydrogens is 343 g/mol. The molecule has 2 aromatic carbocycles. The van der Waals surface area contributed by atoms with E-state index in [0.29, 0.717) is 17.0 Å². The molecule has 20 heavy (non-hydrogen) atoms. The van der Waals surface area contributed by atoms with Crippen LogP contribution in [0.3, 0.4) is 0 Å². The summed E-state index contributed by atoms with van der Waals surface area (Å²) in [7, 11) is 1.47. The van der Waals surface area contributed by atoms with Crippen LogP contribution in [-0.2, 0) is 6.42 Å². The first-order valence-corrected chi connectivity index (χ1v) is 7.78. The highest BCUT2D eigenvalue weighted by molar-refractivity contribution is 9.09. The number of hydrogen-bond acceptors (Lipinski definition) is 1. The predicted molar refractivity (Wildman–Crippen MR) is 84.6 cm³/mol. The van der Waals surface area contributed by atoms with E-state index in [1.54, 1.807) is 18.2 Å². The Hall–Kier alpha value is -1.06. The zero-order valence-electron chi connectivity index (χ0n) is 11.1. The molecule has 0 radical (unpaired) electrons. The second-order valence-corrected chi connectivity index (χ2v) is 5.63. The molecule has 2 rings (SSSR count). The highest BCUT2D eigenvalue weighted by Crippen LogP contribution is 2.28. The van der Waals surface area contributed by atoms with E-state index in [-0.39, 0.29) is 17.5 Å². The highest BCUT2D eigenvalue weighted by Gasteiger charge is 2.16. The molecule has 0 spiro atoms. The lowest BCUT2D eigenvalue weighted by Crippen LogP contribution is -2.06. The summed E-state index contributed by atoms with van der Waals surface area (Å²) in [5, 5.41) is 1.43. The van der Waals surface area contributed by atoms with Gasteiger partial charge in [-0.3, -0.25) is 0 Å². The molecule has 0 aliphatic heterocycles. The van der Waals surface area contributed by atoms with Crippen molar-refractivity contribution in [1.82, 2.24) is 0 Å². The lowest BCUT2D eigenvalue weighted by molar-refractivity contribution is 0.383. The third-order valence-electron chi connectivity index (χ3n) is 3.24. The molecule has 0 aliphatic rings. The normalized spacial score (nSPS) is 12.2. The maximum atomic E-state index is 14.2. The molecule has 0 aromatic heterocycles. The van der Waals surface area contributed by atoms with Crippen molar-refractivity contribution in [2.45, 2.75) is 12.3 Å². The van der Waals surface area contributed by atoms with Gasteiger partial charge in [-0.2, -0.15) is 0 Å². The average Bonchev–Trinajstić information content (AvgIpc) is 2.46. The van der Waals surface area contributed by atoms with Crippen LogP contribution in [0.4, 0.5) is 4.39 Å². The minimum Gasteiger partial charge on any atom is -0.494 e. The second kappa shape index (κ2) is 7.09. The van der Waals surface area contributed by atoms with Gasteiger partial charge in [-0.1, -0.05) is 51.8 Å². The Morgan fingerprint density at radius 2 is 2.00 bits per heavy atom. The standard InChI is InChI=1S/C16H15BrClFO/c1-20-15-7-3-5-12(16(15)19)8-13(10-17)11-4-2-6-14(18)9-11/h2-7,9,13H,8,10H2,1H3. The van der Waals surface area contributed by atoms with Crippen molar-refractivity contribution in [2.75, 3.05) is 12.4 Å². The van der Waals surface area contributed by atoms with E-state index >= 15 is 0 Å². The summed E-state index contributed by atoms with van der Waals surface area (Å²) in [6.07, 6.45) is 0.592. The van der Waals surface area contributed by atoms with E-state index in [2.05, 4.69) is 15.9 Å². The van der Waals surface area contributed by atoms with Gasteiger partial charge in [0.15, 0.2) is 11.6 Å². The van der Waals surface area contributed by atoms with E-state index in [1.807, 2.05) is 24.3 Å². The summed E-state index contributed by atoms with van der Waals surface area (Å²) in [5.74, 6) is 0.153. The van der Waals surface area contributed by atoms with Crippen LogP contribution in [-0.4, -0.2) is 12.4 Å². The van der Waals surface area contributed by atoms with Gasteiger partial charge >= 0.3 is 0 Å². The molecule has 0 aliphatic carbocycles. The van der Waals surface area contributed by atoms with Crippen LogP contribution >= 0.6 is 27.5 Å². The molecule has 0 N–H and O–H groups in total. The lowest BCUT2D eigenvalue weighted by atomic mass is 9.93. The van der Waals surface area contributed by atoms with Gasteiger partial charge in [0, 0.05) is 10.4 Å². The Balaban J connectivity index is 2.27. The van der Waals surface area contributed by atoms with Crippen LogP contribution in [0, 0.1) is 5.82 Å². The van der Waals surface area contributed by atoms with Gasteiger partial charge in [-0.15, -0.1) is 0 Å². The summed E-state index contributed by atoms with van der Waals surface area (Å²) in [6.45, 7) is 0. The van der Waals surface area contributed by atoms with Crippen molar-refractivity contribution in [3.05, 3.63) is 64.4 Å². The number of alkyl halides is 1. The van der Waals surface area contributed by atoms with E-state index in [4.69, 9.17) is 16.3 Å².